The average Bonchev–Trinajstić information content (AvgIpc) is 2.32. The molecule has 2 atom stereocenters. The van der Waals surface area contributed by atoms with E-state index in [0.717, 1.165) is 25.7 Å². The maximum atomic E-state index is 12.0. The predicted molar refractivity (Wildman–Crippen MR) is 70.2 cm³/mol. The summed E-state index contributed by atoms with van der Waals surface area (Å²) in [5.41, 5.74) is -0.492. The summed E-state index contributed by atoms with van der Waals surface area (Å²) >= 11 is 0. The summed E-state index contributed by atoms with van der Waals surface area (Å²) in [6, 6.07) is 0. The Morgan fingerprint density at radius 1 is 1.44 bits per heavy atom. The van der Waals surface area contributed by atoms with Crippen LogP contribution in [0.5, 0.6) is 0 Å². The minimum Gasteiger partial charge on any atom is -0.479 e. The zero-order valence-electron chi connectivity index (χ0n) is 11.5. The summed E-state index contributed by atoms with van der Waals surface area (Å²) < 4.78 is 0. The number of amides is 1. The number of hydrogen-bond acceptors (Lipinski definition) is 2. The summed E-state index contributed by atoms with van der Waals surface area (Å²) in [5.74, 6) is -1.19. The van der Waals surface area contributed by atoms with Crippen molar-refractivity contribution < 1.29 is 14.7 Å². The van der Waals surface area contributed by atoms with Crippen LogP contribution in [-0.2, 0) is 9.59 Å². The van der Waals surface area contributed by atoms with Crippen LogP contribution in [0.15, 0.2) is 11.6 Å². The predicted octanol–water partition coefficient (Wildman–Crippen LogP) is 2.49. The van der Waals surface area contributed by atoms with Gasteiger partial charge in [0, 0.05) is 5.57 Å². The second-order valence-electron chi connectivity index (χ2n) is 5.17. The van der Waals surface area contributed by atoms with Gasteiger partial charge in [-0.1, -0.05) is 32.8 Å². The van der Waals surface area contributed by atoms with Crippen molar-refractivity contribution in [3.05, 3.63) is 11.6 Å². The quantitative estimate of drug-likeness (QED) is 0.756. The highest BCUT2D eigenvalue weighted by Gasteiger charge is 2.46. The van der Waals surface area contributed by atoms with Crippen molar-refractivity contribution in [1.29, 1.82) is 0 Å². The zero-order chi connectivity index (χ0) is 13.8. The Hall–Kier alpha value is -1.32. The summed E-state index contributed by atoms with van der Waals surface area (Å²) in [6.45, 7) is 5.58. The highest BCUT2D eigenvalue weighted by molar-refractivity contribution is 5.96. The highest BCUT2D eigenvalue weighted by Crippen LogP contribution is 2.34. The van der Waals surface area contributed by atoms with Crippen LogP contribution in [0.4, 0.5) is 0 Å². The molecule has 0 spiro atoms. The Labute approximate surface area is 108 Å². The van der Waals surface area contributed by atoms with Gasteiger partial charge in [0.2, 0.25) is 5.91 Å². The number of carboxylic acid groups (broad SMARTS) is 1. The lowest BCUT2D eigenvalue weighted by Gasteiger charge is -2.39. The largest absolute Gasteiger partial charge is 0.479 e. The smallest absolute Gasteiger partial charge is 0.329 e. The summed E-state index contributed by atoms with van der Waals surface area (Å²) in [6.07, 6.45) is 5.86. The molecule has 102 valence electrons. The van der Waals surface area contributed by atoms with E-state index in [1.165, 1.54) is 0 Å². The van der Waals surface area contributed by atoms with Gasteiger partial charge in [-0.15, -0.1) is 0 Å². The molecular weight excluding hydrogens is 230 g/mol. The van der Waals surface area contributed by atoms with Crippen molar-refractivity contribution in [2.75, 3.05) is 0 Å². The van der Waals surface area contributed by atoms with Crippen LogP contribution in [0.3, 0.4) is 0 Å². The first-order chi connectivity index (χ1) is 8.44. The molecule has 1 fully saturated rings. The van der Waals surface area contributed by atoms with E-state index in [0.29, 0.717) is 12.0 Å². The van der Waals surface area contributed by atoms with Gasteiger partial charge in [0.05, 0.1) is 0 Å². The highest BCUT2D eigenvalue weighted by atomic mass is 16.4. The molecule has 4 nitrogen and oxygen atoms in total. The van der Waals surface area contributed by atoms with E-state index in [1.54, 1.807) is 6.92 Å². The maximum absolute atomic E-state index is 12.0. The third kappa shape index (κ3) is 2.92. The Balaban J connectivity index is 2.90. The fraction of sp³-hybridized carbons (Fsp3) is 0.714. The van der Waals surface area contributed by atoms with Gasteiger partial charge in [0.25, 0.3) is 0 Å². The van der Waals surface area contributed by atoms with Crippen molar-refractivity contribution >= 4 is 11.9 Å². The second-order valence-corrected chi connectivity index (χ2v) is 5.17. The van der Waals surface area contributed by atoms with E-state index in [4.69, 9.17) is 0 Å². The number of hydrogen-bond donors (Lipinski definition) is 2. The molecule has 0 aromatic heterocycles. The number of carboxylic acids is 1. The SMILES string of the molecule is CCC=C(C)C(=O)NC1(C(=O)O)CCCCC1C. The number of aliphatic carboxylic acids is 1. The molecule has 1 saturated carbocycles. The van der Waals surface area contributed by atoms with Gasteiger partial charge >= 0.3 is 5.97 Å². The lowest BCUT2D eigenvalue weighted by molar-refractivity contribution is -0.151. The monoisotopic (exact) mass is 253 g/mol. The van der Waals surface area contributed by atoms with Crippen molar-refractivity contribution in [2.45, 2.75) is 58.4 Å². The fourth-order valence-corrected chi connectivity index (χ4v) is 2.60. The van der Waals surface area contributed by atoms with Crippen molar-refractivity contribution in [1.82, 2.24) is 5.32 Å². The van der Waals surface area contributed by atoms with Crippen LogP contribution in [0.1, 0.15) is 52.9 Å². The lowest BCUT2D eigenvalue weighted by atomic mass is 9.73. The number of carbonyl (C=O) groups excluding carboxylic acids is 1. The molecule has 1 aliphatic rings. The molecule has 2 unspecified atom stereocenters. The summed E-state index contributed by atoms with van der Waals surface area (Å²) in [5, 5.41) is 12.2. The van der Waals surface area contributed by atoms with Crippen LogP contribution >= 0.6 is 0 Å². The Morgan fingerprint density at radius 3 is 2.61 bits per heavy atom. The zero-order valence-corrected chi connectivity index (χ0v) is 11.5. The van der Waals surface area contributed by atoms with Crippen molar-refractivity contribution in [2.24, 2.45) is 5.92 Å². The first-order valence-corrected chi connectivity index (χ1v) is 6.66. The van der Waals surface area contributed by atoms with Crippen molar-refractivity contribution in [3.63, 3.8) is 0 Å². The van der Waals surface area contributed by atoms with Gasteiger partial charge < -0.3 is 10.4 Å². The van der Waals surface area contributed by atoms with Gasteiger partial charge in [-0.05, 0) is 32.1 Å². The van der Waals surface area contributed by atoms with Gasteiger partial charge in [-0.3, -0.25) is 4.79 Å². The standard InChI is InChI=1S/C14H23NO3/c1-4-7-10(2)12(16)15-14(13(17)18)9-6-5-8-11(14)3/h7,11H,4-6,8-9H2,1-3H3,(H,15,16)(H,17,18). The van der Waals surface area contributed by atoms with Gasteiger partial charge in [0.1, 0.15) is 5.54 Å². The number of carbonyl (C=O) groups is 2. The van der Waals surface area contributed by atoms with E-state index in [2.05, 4.69) is 5.32 Å². The van der Waals surface area contributed by atoms with Crippen LogP contribution in [0, 0.1) is 5.92 Å². The van der Waals surface area contributed by atoms with Gasteiger partial charge in [0.15, 0.2) is 0 Å². The van der Waals surface area contributed by atoms with E-state index in [-0.39, 0.29) is 11.8 Å². The lowest BCUT2D eigenvalue weighted by Crippen LogP contribution is -2.60. The first-order valence-electron chi connectivity index (χ1n) is 6.66. The molecule has 0 radical (unpaired) electrons. The van der Waals surface area contributed by atoms with E-state index >= 15 is 0 Å². The molecule has 1 aliphatic carbocycles. The summed E-state index contributed by atoms with van der Waals surface area (Å²) in [4.78, 5) is 23.6. The molecule has 18 heavy (non-hydrogen) atoms. The van der Waals surface area contributed by atoms with Gasteiger partial charge in [-0.25, -0.2) is 4.79 Å². The average molecular weight is 253 g/mol. The Bertz CT molecular complexity index is 362. The molecule has 0 saturated heterocycles. The molecule has 0 heterocycles. The van der Waals surface area contributed by atoms with Crippen LogP contribution < -0.4 is 5.32 Å². The topological polar surface area (TPSA) is 66.4 Å². The molecule has 0 aromatic rings. The number of rotatable bonds is 4. The molecule has 0 bridgehead atoms. The minimum atomic E-state index is -1.09. The minimum absolute atomic E-state index is 0.0258. The third-order valence-electron chi connectivity index (χ3n) is 3.89. The van der Waals surface area contributed by atoms with Crippen LogP contribution in [0.2, 0.25) is 0 Å². The van der Waals surface area contributed by atoms with Crippen molar-refractivity contribution in [3.8, 4) is 0 Å². The molecule has 0 aliphatic heterocycles. The van der Waals surface area contributed by atoms with E-state index in [1.807, 2.05) is 19.9 Å². The Kier molecular flexibility index (Phi) is 4.93. The number of nitrogens with one attached hydrogen (secondary N) is 1. The number of allylic oxidation sites excluding steroid dienone is 1. The van der Waals surface area contributed by atoms with Gasteiger partial charge in [-0.2, -0.15) is 0 Å². The van der Waals surface area contributed by atoms with E-state index in [9.17, 15) is 14.7 Å². The summed E-state index contributed by atoms with van der Waals surface area (Å²) in [7, 11) is 0. The molecule has 1 amide bonds. The second kappa shape index (κ2) is 6.03. The molecule has 4 heteroatoms. The first kappa shape index (κ1) is 14.7. The van der Waals surface area contributed by atoms with Crippen LogP contribution in [0.25, 0.3) is 0 Å². The van der Waals surface area contributed by atoms with Crippen LogP contribution in [-0.4, -0.2) is 22.5 Å². The molecule has 0 aromatic carbocycles. The molecular formula is C14H23NO3. The molecule has 2 N–H and O–H groups in total. The third-order valence-corrected chi connectivity index (χ3v) is 3.89. The Morgan fingerprint density at radius 2 is 2.11 bits per heavy atom. The van der Waals surface area contributed by atoms with E-state index < -0.39 is 11.5 Å². The molecule has 1 rings (SSSR count). The fourth-order valence-electron chi connectivity index (χ4n) is 2.60. The maximum Gasteiger partial charge on any atom is 0.329 e. The normalized spacial score (nSPS) is 28.8.